The molecule has 0 radical (unpaired) electrons. The van der Waals surface area contributed by atoms with E-state index in [1.807, 2.05) is 13.8 Å². The van der Waals surface area contributed by atoms with Gasteiger partial charge in [0.2, 0.25) is 10.0 Å². The summed E-state index contributed by atoms with van der Waals surface area (Å²) in [5.74, 6) is -1.77. The first-order valence-corrected chi connectivity index (χ1v) is 7.35. The summed E-state index contributed by atoms with van der Waals surface area (Å²) in [5, 5.41) is 0. The molecular weight excluding hydrogens is 274 g/mol. The second kappa shape index (κ2) is 4.50. The van der Waals surface area contributed by atoms with Crippen LogP contribution in [0.5, 0.6) is 0 Å². The molecule has 0 saturated carbocycles. The molecule has 0 amide bonds. The molecule has 0 spiro atoms. The minimum Gasteiger partial charge on any atom is -0.323 e. The summed E-state index contributed by atoms with van der Waals surface area (Å²) in [6.45, 7) is 4.10. The Morgan fingerprint density at radius 2 is 1.89 bits per heavy atom. The third-order valence-electron chi connectivity index (χ3n) is 3.60. The standard InChI is InChI=1S/C12H16F2N2O2S/c1-8(2)12(15)6-16(7-12)19(17,18)11-4-3-9(13)5-10(11)14/h3-5,8H,6-7,15H2,1-2H3. The van der Waals surface area contributed by atoms with Gasteiger partial charge in [-0.15, -0.1) is 0 Å². The lowest BCUT2D eigenvalue weighted by Gasteiger charge is -2.49. The number of hydrogen-bond acceptors (Lipinski definition) is 3. The van der Waals surface area contributed by atoms with Crippen molar-refractivity contribution in [3.05, 3.63) is 29.8 Å². The number of hydrogen-bond donors (Lipinski definition) is 1. The molecule has 0 aliphatic carbocycles. The van der Waals surface area contributed by atoms with Crippen LogP contribution >= 0.6 is 0 Å². The molecule has 1 fully saturated rings. The van der Waals surface area contributed by atoms with Gasteiger partial charge in [0.1, 0.15) is 16.5 Å². The van der Waals surface area contributed by atoms with Crippen molar-refractivity contribution in [1.82, 2.24) is 4.31 Å². The second-order valence-corrected chi connectivity index (χ2v) is 7.14. The van der Waals surface area contributed by atoms with Gasteiger partial charge in [-0.25, -0.2) is 17.2 Å². The summed E-state index contributed by atoms with van der Waals surface area (Å²) in [6, 6.07) is 2.42. The zero-order valence-corrected chi connectivity index (χ0v) is 11.5. The average molecular weight is 290 g/mol. The van der Waals surface area contributed by atoms with E-state index in [-0.39, 0.29) is 19.0 Å². The van der Waals surface area contributed by atoms with Crippen LogP contribution in [0, 0.1) is 17.6 Å². The maximum atomic E-state index is 13.5. The highest BCUT2D eigenvalue weighted by atomic mass is 32.2. The number of halogens is 2. The fraction of sp³-hybridized carbons (Fsp3) is 0.500. The van der Waals surface area contributed by atoms with Crippen LogP contribution in [0.3, 0.4) is 0 Å². The van der Waals surface area contributed by atoms with E-state index in [0.29, 0.717) is 6.07 Å². The van der Waals surface area contributed by atoms with Gasteiger partial charge in [0.05, 0.1) is 0 Å². The molecule has 0 aromatic heterocycles. The van der Waals surface area contributed by atoms with E-state index in [1.54, 1.807) is 0 Å². The monoisotopic (exact) mass is 290 g/mol. The summed E-state index contributed by atoms with van der Waals surface area (Å²) in [6.07, 6.45) is 0. The highest BCUT2D eigenvalue weighted by Crippen LogP contribution is 2.32. The van der Waals surface area contributed by atoms with Crippen molar-refractivity contribution in [1.29, 1.82) is 0 Å². The van der Waals surface area contributed by atoms with Gasteiger partial charge >= 0.3 is 0 Å². The Bertz CT molecular complexity index is 596. The third-order valence-corrected chi connectivity index (χ3v) is 5.43. The van der Waals surface area contributed by atoms with Crippen LogP contribution in [-0.2, 0) is 10.0 Å². The molecule has 19 heavy (non-hydrogen) atoms. The van der Waals surface area contributed by atoms with Crippen molar-refractivity contribution in [2.45, 2.75) is 24.3 Å². The van der Waals surface area contributed by atoms with E-state index in [2.05, 4.69) is 0 Å². The highest BCUT2D eigenvalue weighted by Gasteiger charge is 2.48. The van der Waals surface area contributed by atoms with Crippen molar-refractivity contribution < 1.29 is 17.2 Å². The molecule has 2 N–H and O–H groups in total. The first kappa shape index (κ1) is 14.4. The molecule has 1 aromatic carbocycles. The molecular formula is C12H16F2N2O2S. The molecule has 4 nitrogen and oxygen atoms in total. The Hall–Kier alpha value is -1.05. The molecule has 1 saturated heterocycles. The van der Waals surface area contributed by atoms with E-state index in [4.69, 9.17) is 5.73 Å². The van der Waals surface area contributed by atoms with Crippen LogP contribution in [-0.4, -0.2) is 31.4 Å². The van der Waals surface area contributed by atoms with Crippen LogP contribution < -0.4 is 5.73 Å². The van der Waals surface area contributed by atoms with Gasteiger partial charge in [0.15, 0.2) is 0 Å². The van der Waals surface area contributed by atoms with Gasteiger partial charge in [-0.3, -0.25) is 0 Å². The fourth-order valence-corrected chi connectivity index (χ4v) is 3.61. The van der Waals surface area contributed by atoms with E-state index in [0.717, 1.165) is 16.4 Å². The Balaban J connectivity index is 2.26. The maximum absolute atomic E-state index is 13.5. The van der Waals surface area contributed by atoms with Gasteiger partial charge in [-0.05, 0) is 18.1 Å². The van der Waals surface area contributed by atoms with E-state index in [9.17, 15) is 17.2 Å². The van der Waals surface area contributed by atoms with Crippen LogP contribution in [0.15, 0.2) is 23.1 Å². The first-order chi connectivity index (χ1) is 8.67. The number of benzene rings is 1. The highest BCUT2D eigenvalue weighted by molar-refractivity contribution is 7.89. The van der Waals surface area contributed by atoms with Crippen LogP contribution in [0.2, 0.25) is 0 Å². The number of nitrogens with zero attached hydrogens (tertiary/aromatic N) is 1. The second-order valence-electron chi connectivity index (χ2n) is 5.24. The number of rotatable bonds is 3. The third kappa shape index (κ3) is 2.37. The van der Waals surface area contributed by atoms with Gasteiger partial charge in [0.25, 0.3) is 0 Å². The predicted molar refractivity (Wildman–Crippen MR) is 66.9 cm³/mol. The van der Waals surface area contributed by atoms with Gasteiger partial charge in [-0.1, -0.05) is 13.8 Å². The zero-order valence-electron chi connectivity index (χ0n) is 10.7. The van der Waals surface area contributed by atoms with Crippen molar-refractivity contribution in [2.24, 2.45) is 11.7 Å². The minimum absolute atomic E-state index is 0.122. The smallest absolute Gasteiger partial charge is 0.246 e. The van der Waals surface area contributed by atoms with Crippen LogP contribution in [0.25, 0.3) is 0 Å². The molecule has 0 unspecified atom stereocenters. The van der Waals surface area contributed by atoms with E-state index >= 15 is 0 Å². The quantitative estimate of drug-likeness (QED) is 0.913. The zero-order chi connectivity index (χ0) is 14.4. The Labute approximate surface area is 111 Å². The Kier molecular flexibility index (Phi) is 3.40. The molecule has 1 aromatic rings. The van der Waals surface area contributed by atoms with Crippen molar-refractivity contribution in [2.75, 3.05) is 13.1 Å². The first-order valence-electron chi connectivity index (χ1n) is 5.91. The fourth-order valence-electron chi connectivity index (χ4n) is 1.97. The lowest BCUT2D eigenvalue weighted by Crippen LogP contribution is -2.70. The molecule has 1 aliphatic heterocycles. The summed E-state index contributed by atoms with van der Waals surface area (Å²) >= 11 is 0. The summed E-state index contributed by atoms with van der Waals surface area (Å²) in [7, 11) is -3.94. The van der Waals surface area contributed by atoms with Gasteiger partial charge in [0, 0.05) is 24.7 Å². The lowest BCUT2D eigenvalue weighted by atomic mass is 9.82. The summed E-state index contributed by atoms with van der Waals surface area (Å²) in [4.78, 5) is -0.514. The van der Waals surface area contributed by atoms with Crippen molar-refractivity contribution in [3.63, 3.8) is 0 Å². The minimum atomic E-state index is -3.94. The summed E-state index contributed by atoms with van der Waals surface area (Å²) < 4.78 is 51.8. The average Bonchev–Trinajstić information content (AvgIpc) is 2.23. The maximum Gasteiger partial charge on any atom is 0.246 e. The molecule has 0 atom stereocenters. The molecule has 1 aliphatic rings. The van der Waals surface area contributed by atoms with Crippen molar-refractivity contribution >= 4 is 10.0 Å². The van der Waals surface area contributed by atoms with Crippen LogP contribution in [0.1, 0.15) is 13.8 Å². The Morgan fingerprint density at radius 1 is 1.32 bits per heavy atom. The predicted octanol–water partition coefficient (Wildman–Crippen LogP) is 1.32. The molecule has 0 bridgehead atoms. The topological polar surface area (TPSA) is 63.4 Å². The normalized spacial score (nSPS) is 19.5. The van der Waals surface area contributed by atoms with E-state index < -0.39 is 32.1 Å². The van der Waals surface area contributed by atoms with Crippen molar-refractivity contribution in [3.8, 4) is 0 Å². The molecule has 7 heteroatoms. The number of nitrogens with two attached hydrogens (primary N) is 1. The van der Waals surface area contributed by atoms with E-state index in [1.165, 1.54) is 0 Å². The van der Waals surface area contributed by atoms with Crippen LogP contribution in [0.4, 0.5) is 8.78 Å². The SMILES string of the molecule is CC(C)C1(N)CN(S(=O)(=O)c2ccc(F)cc2F)C1. The lowest BCUT2D eigenvalue weighted by molar-refractivity contribution is 0.110. The molecule has 2 rings (SSSR count). The largest absolute Gasteiger partial charge is 0.323 e. The van der Waals surface area contributed by atoms with Gasteiger partial charge < -0.3 is 5.73 Å². The molecule has 1 heterocycles. The number of sulfonamides is 1. The summed E-state index contributed by atoms with van der Waals surface area (Å²) in [5.41, 5.74) is 5.43. The Morgan fingerprint density at radius 3 is 2.37 bits per heavy atom. The van der Waals surface area contributed by atoms with Gasteiger partial charge in [-0.2, -0.15) is 4.31 Å². The molecule has 106 valence electrons.